The minimum atomic E-state index is 0.796. The predicted octanol–water partition coefficient (Wildman–Crippen LogP) is 3.78. The first-order valence-electron chi connectivity index (χ1n) is 5.35. The van der Waals surface area contributed by atoms with Crippen molar-refractivity contribution in [1.29, 1.82) is 0 Å². The monoisotopic (exact) mass is 164 g/mol. The standard InChI is InChI=1S/C12H20/c1-3-4-5-10-6-7-12(2)9-11(12)8-10/h3,10-11H,1,4-9H2,2H3. The van der Waals surface area contributed by atoms with Crippen LogP contribution in [0.25, 0.3) is 0 Å². The van der Waals surface area contributed by atoms with Crippen LogP contribution in [0.1, 0.15) is 45.4 Å². The van der Waals surface area contributed by atoms with Gasteiger partial charge in [-0.05, 0) is 55.8 Å². The van der Waals surface area contributed by atoms with Crippen molar-refractivity contribution >= 4 is 0 Å². The molecule has 0 radical (unpaired) electrons. The van der Waals surface area contributed by atoms with Crippen LogP contribution in [-0.4, -0.2) is 0 Å². The van der Waals surface area contributed by atoms with Gasteiger partial charge in [-0.3, -0.25) is 0 Å². The molecule has 0 aromatic rings. The summed E-state index contributed by atoms with van der Waals surface area (Å²) < 4.78 is 0. The van der Waals surface area contributed by atoms with E-state index in [1.165, 1.54) is 38.5 Å². The molecule has 0 N–H and O–H groups in total. The normalized spacial score (nSPS) is 45.1. The van der Waals surface area contributed by atoms with Crippen LogP contribution in [0.4, 0.5) is 0 Å². The summed E-state index contributed by atoms with van der Waals surface area (Å²) in [6.45, 7) is 6.26. The van der Waals surface area contributed by atoms with Gasteiger partial charge < -0.3 is 0 Å². The zero-order valence-corrected chi connectivity index (χ0v) is 8.18. The highest BCUT2D eigenvalue weighted by Crippen LogP contribution is 2.62. The SMILES string of the molecule is C=CCCC1CCC2(C)CC2C1. The Morgan fingerprint density at radius 2 is 2.42 bits per heavy atom. The Bertz CT molecular complexity index is 182. The van der Waals surface area contributed by atoms with Gasteiger partial charge in [-0.1, -0.05) is 13.0 Å². The summed E-state index contributed by atoms with van der Waals surface area (Å²) >= 11 is 0. The van der Waals surface area contributed by atoms with Crippen molar-refractivity contribution < 1.29 is 0 Å². The van der Waals surface area contributed by atoms with E-state index < -0.39 is 0 Å². The van der Waals surface area contributed by atoms with Crippen molar-refractivity contribution in [2.24, 2.45) is 17.3 Å². The van der Waals surface area contributed by atoms with Gasteiger partial charge in [0.1, 0.15) is 0 Å². The summed E-state index contributed by atoms with van der Waals surface area (Å²) in [5.74, 6) is 2.13. The van der Waals surface area contributed by atoms with Crippen molar-refractivity contribution in [2.75, 3.05) is 0 Å². The lowest BCUT2D eigenvalue weighted by atomic mass is 9.81. The van der Waals surface area contributed by atoms with E-state index in [9.17, 15) is 0 Å². The summed E-state index contributed by atoms with van der Waals surface area (Å²) in [6.07, 6.45) is 10.7. The van der Waals surface area contributed by atoms with E-state index in [0.29, 0.717) is 0 Å². The van der Waals surface area contributed by atoms with Crippen LogP contribution in [0.3, 0.4) is 0 Å². The zero-order chi connectivity index (χ0) is 8.60. The first kappa shape index (κ1) is 8.34. The molecule has 2 aliphatic rings. The fourth-order valence-corrected chi connectivity index (χ4v) is 2.85. The fraction of sp³-hybridized carbons (Fsp3) is 0.833. The van der Waals surface area contributed by atoms with Crippen LogP contribution in [0.5, 0.6) is 0 Å². The first-order chi connectivity index (χ1) is 5.74. The largest absolute Gasteiger partial charge is 0.103 e. The summed E-state index contributed by atoms with van der Waals surface area (Å²) in [5.41, 5.74) is 0.796. The van der Waals surface area contributed by atoms with E-state index in [1.807, 2.05) is 0 Å². The molecule has 0 aromatic heterocycles. The molecule has 2 fully saturated rings. The van der Waals surface area contributed by atoms with E-state index in [-0.39, 0.29) is 0 Å². The number of hydrogen-bond donors (Lipinski definition) is 0. The van der Waals surface area contributed by atoms with E-state index in [2.05, 4.69) is 19.6 Å². The summed E-state index contributed by atoms with van der Waals surface area (Å²) in [4.78, 5) is 0. The second kappa shape index (κ2) is 2.90. The third-order valence-electron chi connectivity index (χ3n) is 4.06. The summed E-state index contributed by atoms with van der Waals surface area (Å²) in [7, 11) is 0. The topological polar surface area (TPSA) is 0 Å². The first-order valence-corrected chi connectivity index (χ1v) is 5.35. The van der Waals surface area contributed by atoms with Crippen LogP contribution in [0.15, 0.2) is 12.7 Å². The lowest BCUT2D eigenvalue weighted by Gasteiger charge is -2.25. The van der Waals surface area contributed by atoms with Crippen LogP contribution >= 0.6 is 0 Å². The van der Waals surface area contributed by atoms with Crippen molar-refractivity contribution in [1.82, 2.24) is 0 Å². The molecule has 3 atom stereocenters. The molecule has 0 saturated heterocycles. The average molecular weight is 164 g/mol. The van der Waals surface area contributed by atoms with Gasteiger partial charge in [-0.2, -0.15) is 0 Å². The predicted molar refractivity (Wildman–Crippen MR) is 53.0 cm³/mol. The molecule has 68 valence electrons. The van der Waals surface area contributed by atoms with Crippen LogP contribution in [0.2, 0.25) is 0 Å². The summed E-state index contributed by atoms with van der Waals surface area (Å²) in [5, 5.41) is 0. The van der Waals surface area contributed by atoms with Crippen LogP contribution in [0, 0.1) is 17.3 Å². The molecule has 3 unspecified atom stereocenters. The Labute approximate surface area is 76.1 Å². The molecule has 2 saturated carbocycles. The lowest BCUT2D eigenvalue weighted by molar-refractivity contribution is 0.268. The van der Waals surface area contributed by atoms with Crippen molar-refractivity contribution in [3.63, 3.8) is 0 Å². The number of fused-ring (bicyclic) bond motifs is 1. The highest BCUT2D eigenvalue weighted by atomic mass is 14.6. The molecule has 0 heteroatoms. The molecular formula is C12H20. The maximum atomic E-state index is 3.79. The van der Waals surface area contributed by atoms with Gasteiger partial charge in [-0.15, -0.1) is 6.58 Å². The number of rotatable bonds is 3. The van der Waals surface area contributed by atoms with Crippen molar-refractivity contribution in [2.45, 2.75) is 45.4 Å². The van der Waals surface area contributed by atoms with Gasteiger partial charge in [-0.25, -0.2) is 0 Å². The zero-order valence-electron chi connectivity index (χ0n) is 8.18. The second-order valence-corrected chi connectivity index (χ2v) is 5.06. The average Bonchev–Trinajstić information content (AvgIpc) is 2.72. The molecule has 0 heterocycles. The molecule has 2 rings (SSSR count). The minimum absolute atomic E-state index is 0.796. The Balaban J connectivity index is 1.78. The summed E-state index contributed by atoms with van der Waals surface area (Å²) in [6, 6.07) is 0. The fourth-order valence-electron chi connectivity index (χ4n) is 2.85. The van der Waals surface area contributed by atoms with Crippen molar-refractivity contribution in [3.8, 4) is 0 Å². The van der Waals surface area contributed by atoms with Crippen LogP contribution < -0.4 is 0 Å². The van der Waals surface area contributed by atoms with Gasteiger partial charge >= 0.3 is 0 Å². The second-order valence-electron chi connectivity index (χ2n) is 5.06. The third-order valence-corrected chi connectivity index (χ3v) is 4.06. The van der Waals surface area contributed by atoms with E-state index >= 15 is 0 Å². The highest BCUT2D eigenvalue weighted by Gasteiger charge is 2.52. The molecular weight excluding hydrogens is 144 g/mol. The van der Waals surface area contributed by atoms with Gasteiger partial charge in [0.15, 0.2) is 0 Å². The molecule has 0 nitrogen and oxygen atoms in total. The highest BCUT2D eigenvalue weighted by molar-refractivity contribution is 5.02. The maximum Gasteiger partial charge on any atom is -0.0294 e. The molecule has 0 aromatic carbocycles. The minimum Gasteiger partial charge on any atom is -0.103 e. The van der Waals surface area contributed by atoms with E-state index in [0.717, 1.165) is 17.3 Å². The third kappa shape index (κ3) is 1.44. The van der Waals surface area contributed by atoms with Gasteiger partial charge in [0, 0.05) is 0 Å². The van der Waals surface area contributed by atoms with Gasteiger partial charge in [0.25, 0.3) is 0 Å². The lowest BCUT2D eigenvalue weighted by Crippen LogP contribution is -2.13. The molecule has 0 spiro atoms. The Hall–Kier alpha value is -0.260. The quantitative estimate of drug-likeness (QED) is 0.557. The van der Waals surface area contributed by atoms with E-state index in [4.69, 9.17) is 0 Å². The number of allylic oxidation sites excluding steroid dienone is 1. The maximum absolute atomic E-state index is 3.79. The van der Waals surface area contributed by atoms with Gasteiger partial charge in [0.2, 0.25) is 0 Å². The molecule has 0 bridgehead atoms. The Kier molecular flexibility index (Phi) is 2.02. The molecule has 0 aliphatic heterocycles. The van der Waals surface area contributed by atoms with Crippen molar-refractivity contribution in [3.05, 3.63) is 12.7 Å². The Morgan fingerprint density at radius 3 is 3.08 bits per heavy atom. The smallest absolute Gasteiger partial charge is 0.0294 e. The van der Waals surface area contributed by atoms with E-state index in [1.54, 1.807) is 0 Å². The van der Waals surface area contributed by atoms with Crippen LogP contribution in [-0.2, 0) is 0 Å². The number of hydrogen-bond acceptors (Lipinski definition) is 0. The molecule has 2 aliphatic carbocycles. The van der Waals surface area contributed by atoms with Gasteiger partial charge in [0.05, 0.1) is 0 Å². The molecule has 12 heavy (non-hydrogen) atoms. The molecule has 0 amide bonds. The Morgan fingerprint density at radius 1 is 1.58 bits per heavy atom.